The van der Waals surface area contributed by atoms with Crippen LogP contribution in [-0.2, 0) is 0 Å². The zero-order valence-corrected chi connectivity index (χ0v) is 7.33. The molecule has 0 aliphatic rings. The molecule has 0 N–H and O–H groups in total. The van der Waals surface area contributed by atoms with Gasteiger partial charge in [0, 0.05) is 5.69 Å². The van der Waals surface area contributed by atoms with Gasteiger partial charge in [0.05, 0.1) is 0 Å². The van der Waals surface area contributed by atoms with Crippen LogP contribution in [0.3, 0.4) is 0 Å². The van der Waals surface area contributed by atoms with Crippen molar-refractivity contribution in [3.63, 3.8) is 0 Å². The fourth-order valence-electron chi connectivity index (χ4n) is 0.951. The molecule has 1 radical (unpaired) electrons. The van der Waals surface area contributed by atoms with Crippen LogP contribution in [0.15, 0.2) is 18.2 Å². The van der Waals surface area contributed by atoms with Crippen molar-refractivity contribution >= 4 is 12.9 Å². The average Bonchev–Trinajstić information content (AvgIpc) is 2.05. The number of hydrogen-bond acceptors (Lipinski definition) is 1. The van der Waals surface area contributed by atoms with Crippen LogP contribution in [0.4, 0.5) is 0 Å². The molecule has 2 heteroatoms. The summed E-state index contributed by atoms with van der Waals surface area (Å²) in [6.45, 7) is 6.32. The lowest BCUT2D eigenvalue weighted by Gasteiger charge is -2.04. The van der Waals surface area contributed by atoms with Gasteiger partial charge in [-0.2, -0.15) is 0 Å². The molecular weight excluding hydrogens is 133 g/mol. The number of hydrogen-bond donors (Lipinski definition) is 0. The van der Waals surface area contributed by atoms with E-state index < -0.39 is 0 Å². The van der Waals surface area contributed by atoms with Gasteiger partial charge in [-0.1, -0.05) is 32.8 Å². The van der Waals surface area contributed by atoms with E-state index in [9.17, 15) is 0 Å². The first-order valence-corrected chi connectivity index (χ1v) is 4.00. The van der Waals surface area contributed by atoms with Gasteiger partial charge in [0.15, 0.2) is 7.28 Å². The normalized spacial score (nSPS) is 10.2. The van der Waals surface area contributed by atoms with Gasteiger partial charge in [-0.3, -0.25) is 4.98 Å². The summed E-state index contributed by atoms with van der Waals surface area (Å²) in [6, 6.07) is 6.14. The molecule has 1 aromatic rings. The molecule has 0 bridgehead atoms. The van der Waals surface area contributed by atoms with E-state index in [-0.39, 0.29) is 0 Å². The molecule has 1 nitrogen and oxygen atoms in total. The highest BCUT2D eigenvalue weighted by Crippen LogP contribution is 2.07. The number of nitrogens with zero attached hydrogens (tertiary/aromatic N) is 1. The van der Waals surface area contributed by atoms with Crippen molar-refractivity contribution in [1.29, 1.82) is 0 Å². The summed E-state index contributed by atoms with van der Waals surface area (Å²) < 4.78 is 0. The van der Waals surface area contributed by atoms with Gasteiger partial charge in [0.2, 0.25) is 0 Å². The highest BCUT2D eigenvalue weighted by Gasteiger charge is 1.99. The topological polar surface area (TPSA) is 12.9 Å². The maximum Gasteiger partial charge on any atom is 0.174 e. The van der Waals surface area contributed by atoms with Crippen LogP contribution in [0, 0.1) is 0 Å². The van der Waals surface area contributed by atoms with Gasteiger partial charge in [-0.25, -0.2) is 0 Å². The Morgan fingerprint density at radius 2 is 2.09 bits per heavy atom. The molecule has 0 unspecified atom stereocenters. The fraction of sp³-hybridized carbons (Fsp3) is 0.444. The first-order chi connectivity index (χ1) is 5.24. The average molecular weight is 146 g/mol. The van der Waals surface area contributed by atoms with Crippen molar-refractivity contribution in [3.05, 3.63) is 23.9 Å². The van der Waals surface area contributed by atoms with Crippen molar-refractivity contribution in [3.8, 4) is 0 Å². The van der Waals surface area contributed by atoms with Gasteiger partial charge in [0.1, 0.15) is 0 Å². The number of pyridine rings is 1. The summed E-state index contributed by atoms with van der Waals surface area (Å²) in [5, 5.41) is 0. The Morgan fingerprint density at radius 1 is 1.36 bits per heavy atom. The number of aromatic nitrogens is 1. The standard InChI is InChI=1S/C9H13BN/c1-7(2)8-5-4-6-9(10-3)11-8/h4-7H,1-3H3. The molecule has 11 heavy (non-hydrogen) atoms. The quantitative estimate of drug-likeness (QED) is 0.577. The van der Waals surface area contributed by atoms with Crippen molar-refractivity contribution in [1.82, 2.24) is 4.98 Å². The van der Waals surface area contributed by atoms with E-state index in [0.29, 0.717) is 5.92 Å². The van der Waals surface area contributed by atoms with Gasteiger partial charge in [-0.05, 0) is 17.6 Å². The van der Waals surface area contributed by atoms with E-state index in [4.69, 9.17) is 0 Å². The van der Waals surface area contributed by atoms with Crippen LogP contribution >= 0.6 is 0 Å². The van der Waals surface area contributed by atoms with E-state index in [0.717, 1.165) is 5.59 Å². The van der Waals surface area contributed by atoms with E-state index in [1.54, 1.807) is 0 Å². The lowest BCUT2D eigenvalue weighted by molar-refractivity contribution is 0.827. The Labute approximate surface area is 69.1 Å². The highest BCUT2D eigenvalue weighted by atomic mass is 14.7. The molecule has 0 saturated heterocycles. The highest BCUT2D eigenvalue weighted by molar-refractivity contribution is 6.50. The predicted octanol–water partition coefficient (Wildman–Crippen LogP) is 1.58. The molecule has 0 aromatic carbocycles. The summed E-state index contributed by atoms with van der Waals surface area (Å²) in [5.74, 6) is 0.523. The Morgan fingerprint density at radius 3 is 2.64 bits per heavy atom. The fourth-order valence-corrected chi connectivity index (χ4v) is 0.951. The minimum absolute atomic E-state index is 0.523. The minimum atomic E-state index is 0.523. The third-order valence-corrected chi connectivity index (χ3v) is 1.68. The Kier molecular flexibility index (Phi) is 2.69. The van der Waals surface area contributed by atoms with E-state index in [2.05, 4.69) is 31.0 Å². The molecule has 1 heterocycles. The van der Waals surface area contributed by atoms with Crippen LogP contribution in [0.2, 0.25) is 6.82 Å². The molecule has 1 rings (SSSR count). The van der Waals surface area contributed by atoms with Crippen LogP contribution in [0.1, 0.15) is 25.5 Å². The molecule has 0 aliphatic carbocycles. The number of rotatable bonds is 2. The molecule has 0 spiro atoms. The van der Waals surface area contributed by atoms with Crippen molar-refractivity contribution in [2.24, 2.45) is 0 Å². The molecular formula is C9H13BN. The van der Waals surface area contributed by atoms with E-state index in [1.807, 2.05) is 20.2 Å². The van der Waals surface area contributed by atoms with Crippen molar-refractivity contribution < 1.29 is 0 Å². The minimum Gasteiger partial charge on any atom is -0.268 e. The predicted molar refractivity (Wildman–Crippen MR) is 49.6 cm³/mol. The smallest absolute Gasteiger partial charge is 0.174 e. The second-order valence-corrected chi connectivity index (χ2v) is 2.93. The molecule has 0 amide bonds. The largest absolute Gasteiger partial charge is 0.268 e. The summed E-state index contributed by atoms with van der Waals surface area (Å²) in [5.41, 5.74) is 2.23. The zero-order chi connectivity index (χ0) is 8.27. The molecule has 0 fully saturated rings. The Bertz CT molecular complexity index is 233. The molecule has 0 saturated carbocycles. The second-order valence-electron chi connectivity index (χ2n) is 2.93. The van der Waals surface area contributed by atoms with Gasteiger partial charge in [0.25, 0.3) is 0 Å². The molecule has 1 aromatic heterocycles. The summed E-state index contributed by atoms with van der Waals surface area (Å²) >= 11 is 0. The third-order valence-electron chi connectivity index (χ3n) is 1.68. The second kappa shape index (κ2) is 3.56. The maximum absolute atomic E-state index is 4.44. The van der Waals surface area contributed by atoms with Crippen molar-refractivity contribution in [2.45, 2.75) is 26.6 Å². The third kappa shape index (κ3) is 2.07. The van der Waals surface area contributed by atoms with E-state index in [1.165, 1.54) is 5.69 Å². The molecule has 0 atom stereocenters. The maximum atomic E-state index is 4.44. The summed E-state index contributed by atoms with van der Waals surface area (Å²) in [7, 11) is 2.02. The van der Waals surface area contributed by atoms with Crippen LogP contribution in [-0.4, -0.2) is 12.3 Å². The summed E-state index contributed by atoms with van der Waals surface area (Å²) in [4.78, 5) is 4.44. The van der Waals surface area contributed by atoms with E-state index >= 15 is 0 Å². The van der Waals surface area contributed by atoms with Gasteiger partial charge < -0.3 is 0 Å². The zero-order valence-electron chi connectivity index (χ0n) is 7.33. The monoisotopic (exact) mass is 146 g/mol. The Hall–Kier alpha value is -0.785. The van der Waals surface area contributed by atoms with Crippen molar-refractivity contribution in [2.75, 3.05) is 0 Å². The SMILES string of the molecule is C[B]c1cccc(C(C)C)n1. The molecule has 57 valence electrons. The first kappa shape index (κ1) is 8.31. The van der Waals surface area contributed by atoms with Gasteiger partial charge >= 0.3 is 0 Å². The summed E-state index contributed by atoms with van der Waals surface area (Å²) in [6.07, 6.45) is 0. The van der Waals surface area contributed by atoms with Crippen LogP contribution < -0.4 is 5.59 Å². The van der Waals surface area contributed by atoms with Gasteiger partial charge in [-0.15, -0.1) is 0 Å². The first-order valence-electron chi connectivity index (χ1n) is 4.00. The van der Waals surface area contributed by atoms with Crippen LogP contribution in [0.5, 0.6) is 0 Å². The lowest BCUT2D eigenvalue weighted by atomic mass is 9.77. The Balaban J connectivity index is 2.91. The molecule has 0 aliphatic heterocycles. The lowest BCUT2D eigenvalue weighted by Crippen LogP contribution is -2.16. The van der Waals surface area contributed by atoms with Crippen LogP contribution in [0.25, 0.3) is 0 Å².